The van der Waals surface area contributed by atoms with Gasteiger partial charge in [0.25, 0.3) is 0 Å². The van der Waals surface area contributed by atoms with E-state index in [0.29, 0.717) is 0 Å². The second-order valence-electron chi connectivity index (χ2n) is 1.30. The Labute approximate surface area is 55.3 Å². The number of hydrogen-bond acceptors (Lipinski definition) is 3. The molecule has 0 spiro atoms. The SMILES string of the molecule is CO/N=C/C(C)N.Cl. The summed E-state index contributed by atoms with van der Waals surface area (Å²) >= 11 is 0. The molecule has 0 aliphatic heterocycles. The summed E-state index contributed by atoms with van der Waals surface area (Å²) in [5.74, 6) is 0. The fourth-order valence-electron chi connectivity index (χ4n) is 0.157. The third kappa shape index (κ3) is 9.21. The molecule has 0 saturated heterocycles. The van der Waals surface area contributed by atoms with Gasteiger partial charge in [0.1, 0.15) is 7.11 Å². The van der Waals surface area contributed by atoms with Gasteiger partial charge in [0.2, 0.25) is 0 Å². The van der Waals surface area contributed by atoms with E-state index in [1.54, 1.807) is 0 Å². The first-order valence-electron chi connectivity index (χ1n) is 2.09. The van der Waals surface area contributed by atoms with Gasteiger partial charge in [0, 0.05) is 6.04 Å². The van der Waals surface area contributed by atoms with Gasteiger partial charge in [-0.15, -0.1) is 12.4 Å². The van der Waals surface area contributed by atoms with Crippen LogP contribution in [0, 0.1) is 0 Å². The quantitative estimate of drug-likeness (QED) is 0.443. The van der Waals surface area contributed by atoms with E-state index in [1.807, 2.05) is 6.92 Å². The molecule has 1 atom stereocenters. The Morgan fingerprint density at radius 1 is 1.75 bits per heavy atom. The number of halogens is 1. The van der Waals surface area contributed by atoms with Crippen LogP contribution in [0.2, 0.25) is 0 Å². The van der Waals surface area contributed by atoms with Gasteiger partial charge >= 0.3 is 0 Å². The largest absolute Gasteiger partial charge is 0.399 e. The molecular weight excluding hydrogens is 128 g/mol. The lowest BCUT2D eigenvalue weighted by Crippen LogP contribution is -2.15. The van der Waals surface area contributed by atoms with Crippen molar-refractivity contribution in [2.75, 3.05) is 7.11 Å². The molecule has 3 nitrogen and oxygen atoms in total. The molecule has 50 valence electrons. The molecule has 0 aromatic carbocycles. The Morgan fingerprint density at radius 2 is 2.25 bits per heavy atom. The van der Waals surface area contributed by atoms with Gasteiger partial charge < -0.3 is 10.6 Å². The Balaban J connectivity index is 0. The first kappa shape index (κ1) is 10.7. The molecule has 0 saturated carbocycles. The lowest BCUT2D eigenvalue weighted by molar-refractivity contribution is 0.214. The predicted molar refractivity (Wildman–Crippen MR) is 36.4 cm³/mol. The summed E-state index contributed by atoms with van der Waals surface area (Å²) in [6.45, 7) is 1.82. The van der Waals surface area contributed by atoms with Crippen molar-refractivity contribution in [1.82, 2.24) is 0 Å². The molecule has 0 amide bonds. The average molecular weight is 139 g/mol. The number of rotatable bonds is 2. The van der Waals surface area contributed by atoms with E-state index in [1.165, 1.54) is 13.3 Å². The fourth-order valence-corrected chi connectivity index (χ4v) is 0.157. The van der Waals surface area contributed by atoms with Crippen molar-refractivity contribution in [3.8, 4) is 0 Å². The van der Waals surface area contributed by atoms with Crippen LogP contribution in [0.5, 0.6) is 0 Å². The smallest absolute Gasteiger partial charge is 0.106 e. The van der Waals surface area contributed by atoms with Crippen LogP contribution in [-0.4, -0.2) is 19.4 Å². The van der Waals surface area contributed by atoms with Crippen molar-refractivity contribution in [2.24, 2.45) is 10.9 Å². The number of nitrogens with zero attached hydrogens (tertiary/aromatic N) is 1. The molecule has 0 heterocycles. The maximum atomic E-state index is 5.25. The highest BCUT2D eigenvalue weighted by Gasteiger charge is 1.80. The molecule has 0 rings (SSSR count). The second kappa shape index (κ2) is 6.72. The summed E-state index contributed by atoms with van der Waals surface area (Å²) in [5.41, 5.74) is 5.25. The van der Waals surface area contributed by atoms with Crippen molar-refractivity contribution in [1.29, 1.82) is 0 Å². The van der Waals surface area contributed by atoms with Crippen LogP contribution in [0.3, 0.4) is 0 Å². The molecule has 8 heavy (non-hydrogen) atoms. The highest BCUT2D eigenvalue weighted by atomic mass is 35.5. The monoisotopic (exact) mass is 138 g/mol. The van der Waals surface area contributed by atoms with Gasteiger partial charge in [0.05, 0.1) is 6.21 Å². The van der Waals surface area contributed by atoms with E-state index in [9.17, 15) is 0 Å². The van der Waals surface area contributed by atoms with Crippen LogP contribution in [0.25, 0.3) is 0 Å². The van der Waals surface area contributed by atoms with E-state index in [0.717, 1.165) is 0 Å². The maximum Gasteiger partial charge on any atom is 0.106 e. The number of hydrogen-bond donors (Lipinski definition) is 1. The average Bonchev–Trinajstić information content (AvgIpc) is 1.61. The van der Waals surface area contributed by atoms with Crippen molar-refractivity contribution in [3.63, 3.8) is 0 Å². The molecule has 0 aromatic rings. The van der Waals surface area contributed by atoms with E-state index < -0.39 is 0 Å². The summed E-state index contributed by atoms with van der Waals surface area (Å²) in [6.07, 6.45) is 1.53. The number of oxime groups is 1. The third-order valence-corrected chi connectivity index (χ3v) is 0.401. The third-order valence-electron chi connectivity index (χ3n) is 0.401. The van der Waals surface area contributed by atoms with E-state index in [4.69, 9.17) is 5.73 Å². The number of nitrogens with two attached hydrogens (primary N) is 1. The van der Waals surface area contributed by atoms with Crippen LogP contribution in [-0.2, 0) is 4.84 Å². The fraction of sp³-hybridized carbons (Fsp3) is 0.750. The maximum absolute atomic E-state index is 5.25. The Bertz CT molecular complexity index is 65.1. The van der Waals surface area contributed by atoms with E-state index in [2.05, 4.69) is 9.99 Å². The molecule has 0 aromatic heterocycles. The minimum atomic E-state index is -0.0139. The second-order valence-corrected chi connectivity index (χ2v) is 1.30. The van der Waals surface area contributed by atoms with Crippen LogP contribution >= 0.6 is 12.4 Å². The van der Waals surface area contributed by atoms with E-state index >= 15 is 0 Å². The molecule has 0 bridgehead atoms. The highest BCUT2D eigenvalue weighted by Crippen LogP contribution is 1.67. The van der Waals surface area contributed by atoms with Crippen LogP contribution < -0.4 is 5.73 Å². The molecular formula is C4H11ClN2O. The van der Waals surface area contributed by atoms with Gasteiger partial charge in [0.15, 0.2) is 0 Å². The van der Waals surface area contributed by atoms with Crippen LogP contribution in [0.4, 0.5) is 0 Å². The molecule has 1 unspecified atom stereocenters. The molecule has 0 radical (unpaired) electrons. The minimum absolute atomic E-state index is 0. The normalized spacial score (nSPS) is 12.9. The molecule has 0 fully saturated rings. The summed E-state index contributed by atoms with van der Waals surface area (Å²) < 4.78 is 0. The summed E-state index contributed by atoms with van der Waals surface area (Å²) in [4.78, 5) is 4.34. The first-order chi connectivity index (χ1) is 3.27. The molecule has 2 N–H and O–H groups in total. The Kier molecular flexibility index (Phi) is 8.95. The van der Waals surface area contributed by atoms with Crippen molar-refractivity contribution < 1.29 is 4.84 Å². The Morgan fingerprint density at radius 3 is 2.38 bits per heavy atom. The van der Waals surface area contributed by atoms with E-state index in [-0.39, 0.29) is 18.4 Å². The lowest BCUT2D eigenvalue weighted by Gasteiger charge is -1.89. The zero-order valence-electron chi connectivity index (χ0n) is 5.00. The van der Waals surface area contributed by atoms with Crippen molar-refractivity contribution in [2.45, 2.75) is 13.0 Å². The van der Waals surface area contributed by atoms with Gasteiger partial charge in [-0.25, -0.2) is 0 Å². The highest BCUT2D eigenvalue weighted by molar-refractivity contribution is 5.85. The van der Waals surface area contributed by atoms with Gasteiger partial charge in [-0.1, -0.05) is 5.16 Å². The van der Waals surface area contributed by atoms with Gasteiger partial charge in [-0.2, -0.15) is 0 Å². The van der Waals surface area contributed by atoms with Crippen molar-refractivity contribution >= 4 is 18.6 Å². The summed E-state index contributed by atoms with van der Waals surface area (Å²) in [7, 11) is 1.48. The first-order valence-corrected chi connectivity index (χ1v) is 2.09. The lowest BCUT2D eigenvalue weighted by atomic mass is 10.4. The zero-order valence-corrected chi connectivity index (χ0v) is 5.81. The van der Waals surface area contributed by atoms with Crippen LogP contribution in [0.1, 0.15) is 6.92 Å². The Hall–Kier alpha value is -0.280. The predicted octanol–water partition coefficient (Wildman–Crippen LogP) is 0.388. The van der Waals surface area contributed by atoms with Gasteiger partial charge in [-0.3, -0.25) is 0 Å². The summed E-state index contributed by atoms with van der Waals surface area (Å²) in [5, 5.41) is 3.42. The summed E-state index contributed by atoms with van der Waals surface area (Å²) in [6, 6.07) is -0.0139. The standard InChI is InChI=1S/C4H10N2O.ClH/c1-4(5)3-6-7-2;/h3-4H,5H2,1-2H3;1H/b6-3+;. The molecule has 0 aliphatic carbocycles. The zero-order chi connectivity index (χ0) is 5.70. The topological polar surface area (TPSA) is 47.6 Å². The van der Waals surface area contributed by atoms with Crippen LogP contribution in [0.15, 0.2) is 5.16 Å². The van der Waals surface area contributed by atoms with Crippen molar-refractivity contribution in [3.05, 3.63) is 0 Å². The molecule has 4 heteroatoms. The molecule has 0 aliphatic rings. The minimum Gasteiger partial charge on any atom is -0.399 e. The van der Waals surface area contributed by atoms with Gasteiger partial charge in [-0.05, 0) is 6.92 Å².